The third-order valence-electron chi connectivity index (χ3n) is 6.49. The molecule has 166 valence electrons. The molecule has 2 bridgehead atoms. The van der Waals surface area contributed by atoms with Crippen LogP contribution < -0.4 is 0 Å². The number of hydrogen-bond donors (Lipinski definition) is 0. The van der Waals surface area contributed by atoms with Crippen molar-refractivity contribution < 1.29 is 19.1 Å². The van der Waals surface area contributed by atoms with Gasteiger partial charge in [0.15, 0.2) is 0 Å². The third-order valence-corrected chi connectivity index (χ3v) is 6.49. The lowest BCUT2D eigenvalue weighted by molar-refractivity contribution is -0.161. The zero-order valence-electron chi connectivity index (χ0n) is 18.7. The fourth-order valence-corrected chi connectivity index (χ4v) is 4.77. The van der Waals surface area contributed by atoms with E-state index in [0.717, 1.165) is 32.1 Å². The lowest BCUT2D eigenvalue weighted by Crippen LogP contribution is -2.35. The van der Waals surface area contributed by atoms with E-state index in [1.165, 1.54) is 51.4 Å². The minimum atomic E-state index is -0.345. The number of esters is 2. The number of ether oxygens (including phenoxy) is 2. The molecule has 0 radical (unpaired) electrons. The highest BCUT2D eigenvalue weighted by atomic mass is 16.5. The summed E-state index contributed by atoms with van der Waals surface area (Å²) in [5, 5.41) is 0. The monoisotopic (exact) mass is 406 g/mol. The predicted molar refractivity (Wildman–Crippen MR) is 116 cm³/mol. The second-order valence-corrected chi connectivity index (χ2v) is 8.87. The number of allylic oxidation sites excluding steroid dienone is 2. The van der Waals surface area contributed by atoms with Crippen molar-refractivity contribution in [1.82, 2.24) is 0 Å². The Morgan fingerprint density at radius 2 is 1.03 bits per heavy atom. The van der Waals surface area contributed by atoms with Crippen LogP contribution in [0.5, 0.6) is 0 Å². The van der Waals surface area contributed by atoms with E-state index in [9.17, 15) is 9.59 Å². The van der Waals surface area contributed by atoms with E-state index in [0.29, 0.717) is 13.2 Å². The van der Waals surface area contributed by atoms with Gasteiger partial charge in [-0.15, -0.1) is 0 Å². The van der Waals surface area contributed by atoms with Gasteiger partial charge in [-0.25, -0.2) is 0 Å². The van der Waals surface area contributed by atoms with Crippen LogP contribution in [-0.2, 0) is 19.1 Å². The fraction of sp³-hybridized carbons (Fsp3) is 0.840. The Morgan fingerprint density at radius 3 is 1.45 bits per heavy atom. The molecule has 2 aliphatic rings. The van der Waals surface area contributed by atoms with Gasteiger partial charge in [-0.05, 0) is 31.1 Å². The topological polar surface area (TPSA) is 52.6 Å². The van der Waals surface area contributed by atoms with Gasteiger partial charge in [0.25, 0.3) is 0 Å². The molecule has 2 aliphatic carbocycles. The van der Waals surface area contributed by atoms with Crippen LogP contribution in [0.15, 0.2) is 12.2 Å². The standard InChI is InChI=1S/C25H42O4/c1-3-5-7-9-11-13-17-28-24(26)22-20-15-16-21(19-20)23(22)25(27)29-18-14-12-10-8-6-4-2/h15-16,20-23H,3-14,17-19H2,1-2H3. The molecule has 0 spiro atoms. The predicted octanol–water partition coefficient (Wildman–Crippen LogP) is 6.23. The van der Waals surface area contributed by atoms with Gasteiger partial charge < -0.3 is 9.47 Å². The first-order chi connectivity index (χ1) is 14.2. The molecule has 4 unspecified atom stereocenters. The molecular weight excluding hydrogens is 364 g/mol. The first kappa shape index (κ1) is 24.0. The van der Waals surface area contributed by atoms with Gasteiger partial charge in [-0.1, -0.05) is 90.2 Å². The third kappa shape index (κ3) is 7.79. The van der Waals surface area contributed by atoms with Crippen LogP contribution in [0.4, 0.5) is 0 Å². The Bertz CT molecular complexity index is 469. The maximum atomic E-state index is 12.7. The Balaban J connectivity index is 1.69. The minimum Gasteiger partial charge on any atom is -0.465 e. The van der Waals surface area contributed by atoms with Crippen LogP contribution in [0.25, 0.3) is 0 Å². The summed E-state index contributed by atoms with van der Waals surface area (Å²) in [4.78, 5) is 25.4. The molecule has 0 saturated heterocycles. The first-order valence-corrected chi connectivity index (χ1v) is 12.2. The molecule has 2 rings (SSSR count). The Hall–Kier alpha value is -1.32. The highest BCUT2D eigenvalue weighted by molar-refractivity contribution is 5.84. The molecule has 0 heterocycles. The van der Waals surface area contributed by atoms with Gasteiger partial charge in [0.1, 0.15) is 0 Å². The lowest BCUT2D eigenvalue weighted by Gasteiger charge is -2.25. The highest BCUT2D eigenvalue weighted by Gasteiger charge is 2.53. The maximum Gasteiger partial charge on any atom is 0.310 e. The number of hydrogen-bond acceptors (Lipinski definition) is 4. The quantitative estimate of drug-likeness (QED) is 0.173. The number of fused-ring (bicyclic) bond motifs is 2. The molecular formula is C25H42O4. The number of rotatable bonds is 16. The van der Waals surface area contributed by atoms with Gasteiger partial charge in [-0.2, -0.15) is 0 Å². The van der Waals surface area contributed by atoms with Crippen LogP contribution in [0.3, 0.4) is 0 Å². The van der Waals surface area contributed by atoms with Crippen LogP contribution in [-0.4, -0.2) is 25.2 Å². The molecule has 4 atom stereocenters. The zero-order valence-corrected chi connectivity index (χ0v) is 18.7. The SMILES string of the molecule is CCCCCCCCOC(=O)C1C2C=CC(C2)C1C(=O)OCCCCCCCC. The van der Waals surface area contributed by atoms with Gasteiger partial charge in [0, 0.05) is 0 Å². The van der Waals surface area contributed by atoms with Crippen LogP contribution >= 0.6 is 0 Å². The summed E-state index contributed by atoms with van der Waals surface area (Å²) >= 11 is 0. The summed E-state index contributed by atoms with van der Waals surface area (Å²) in [7, 11) is 0. The average Bonchev–Trinajstić information content (AvgIpc) is 3.34. The number of carbonyl (C=O) groups is 2. The summed E-state index contributed by atoms with van der Waals surface area (Å²) in [6.07, 6.45) is 19.1. The highest BCUT2D eigenvalue weighted by Crippen LogP contribution is 2.49. The van der Waals surface area contributed by atoms with E-state index < -0.39 is 0 Å². The Morgan fingerprint density at radius 1 is 0.655 bits per heavy atom. The van der Waals surface area contributed by atoms with Crippen molar-refractivity contribution in [2.75, 3.05) is 13.2 Å². The van der Waals surface area contributed by atoms with Gasteiger partial charge in [0.2, 0.25) is 0 Å². The van der Waals surface area contributed by atoms with Crippen LogP contribution in [0.2, 0.25) is 0 Å². The Labute approximate surface area is 177 Å². The van der Waals surface area contributed by atoms with Crippen LogP contribution in [0, 0.1) is 23.7 Å². The van der Waals surface area contributed by atoms with Crippen molar-refractivity contribution in [3.63, 3.8) is 0 Å². The van der Waals surface area contributed by atoms with Crippen molar-refractivity contribution >= 4 is 11.9 Å². The minimum absolute atomic E-state index is 0.142. The van der Waals surface area contributed by atoms with Crippen molar-refractivity contribution in [3.05, 3.63) is 12.2 Å². The average molecular weight is 407 g/mol. The second-order valence-electron chi connectivity index (χ2n) is 8.87. The summed E-state index contributed by atoms with van der Waals surface area (Å²) in [5.74, 6) is -0.801. The van der Waals surface area contributed by atoms with Crippen molar-refractivity contribution in [2.24, 2.45) is 23.7 Å². The molecule has 0 N–H and O–H groups in total. The number of carbonyl (C=O) groups excluding carboxylic acids is 2. The first-order valence-electron chi connectivity index (χ1n) is 12.2. The van der Waals surface area contributed by atoms with E-state index in [2.05, 4.69) is 26.0 Å². The molecule has 0 aliphatic heterocycles. The molecule has 0 amide bonds. The zero-order chi connectivity index (χ0) is 20.9. The van der Waals surface area contributed by atoms with E-state index in [4.69, 9.17) is 9.47 Å². The molecule has 0 aromatic heterocycles. The summed E-state index contributed by atoms with van der Waals surface area (Å²) in [5.41, 5.74) is 0. The smallest absolute Gasteiger partial charge is 0.310 e. The van der Waals surface area contributed by atoms with Crippen molar-refractivity contribution in [3.8, 4) is 0 Å². The van der Waals surface area contributed by atoms with E-state index >= 15 is 0 Å². The number of unbranched alkanes of at least 4 members (excludes halogenated alkanes) is 10. The van der Waals surface area contributed by atoms with Gasteiger partial charge in [0.05, 0.1) is 25.0 Å². The summed E-state index contributed by atoms with van der Waals surface area (Å²) in [6.45, 7) is 5.37. The van der Waals surface area contributed by atoms with Crippen LogP contribution in [0.1, 0.15) is 97.3 Å². The lowest BCUT2D eigenvalue weighted by atomic mass is 9.83. The second kappa shape index (κ2) is 13.8. The Kier molecular flexibility index (Phi) is 11.4. The largest absolute Gasteiger partial charge is 0.465 e. The van der Waals surface area contributed by atoms with Crippen molar-refractivity contribution in [1.29, 1.82) is 0 Å². The summed E-state index contributed by atoms with van der Waals surface area (Å²) < 4.78 is 11.1. The molecule has 1 saturated carbocycles. The van der Waals surface area contributed by atoms with E-state index in [1.54, 1.807) is 0 Å². The molecule has 0 aromatic rings. The van der Waals surface area contributed by atoms with E-state index in [-0.39, 0.29) is 35.6 Å². The summed E-state index contributed by atoms with van der Waals surface area (Å²) in [6, 6.07) is 0. The van der Waals surface area contributed by atoms with Gasteiger partial charge in [-0.3, -0.25) is 9.59 Å². The van der Waals surface area contributed by atoms with Gasteiger partial charge >= 0.3 is 11.9 Å². The molecule has 4 nitrogen and oxygen atoms in total. The van der Waals surface area contributed by atoms with E-state index in [1.807, 2.05) is 0 Å². The maximum absolute atomic E-state index is 12.7. The molecule has 0 aromatic carbocycles. The fourth-order valence-electron chi connectivity index (χ4n) is 4.77. The molecule has 1 fully saturated rings. The van der Waals surface area contributed by atoms with Crippen molar-refractivity contribution in [2.45, 2.75) is 97.3 Å². The molecule has 29 heavy (non-hydrogen) atoms. The normalized spacial score (nSPS) is 24.8. The molecule has 4 heteroatoms.